The van der Waals surface area contributed by atoms with Crippen molar-refractivity contribution in [3.8, 4) is 0 Å². The summed E-state index contributed by atoms with van der Waals surface area (Å²) in [6.07, 6.45) is 3.73. The average molecular weight is 246 g/mol. The minimum absolute atomic E-state index is 0.101. The van der Waals surface area contributed by atoms with Gasteiger partial charge in [0.1, 0.15) is 5.82 Å². The molecule has 0 saturated carbocycles. The van der Waals surface area contributed by atoms with E-state index in [1.807, 2.05) is 42.1 Å². The second-order valence-corrected chi connectivity index (χ2v) is 4.88. The van der Waals surface area contributed by atoms with Gasteiger partial charge in [-0.1, -0.05) is 12.1 Å². The van der Waals surface area contributed by atoms with Gasteiger partial charge in [0.05, 0.1) is 5.75 Å². The quantitative estimate of drug-likeness (QED) is 0.614. The zero-order valence-corrected chi connectivity index (χ0v) is 10.7. The van der Waals surface area contributed by atoms with Crippen molar-refractivity contribution in [2.24, 2.45) is 7.05 Å². The zero-order chi connectivity index (χ0) is 12.3. The van der Waals surface area contributed by atoms with Crippen LogP contribution < -0.4 is 0 Å². The minimum Gasteiger partial charge on any atom is -0.337 e. The number of benzene rings is 1. The Bertz CT molecular complexity index is 534. The van der Waals surface area contributed by atoms with Gasteiger partial charge in [-0.25, -0.2) is 4.98 Å². The van der Waals surface area contributed by atoms with Gasteiger partial charge in [0.2, 0.25) is 0 Å². The van der Waals surface area contributed by atoms with Crippen molar-refractivity contribution >= 4 is 17.5 Å². The van der Waals surface area contributed by atoms with Gasteiger partial charge in [0.25, 0.3) is 0 Å². The molecule has 17 heavy (non-hydrogen) atoms. The maximum Gasteiger partial charge on any atom is 0.159 e. The fourth-order valence-corrected chi connectivity index (χ4v) is 2.45. The molecule has 0 fully saturated rings. The maximum absolute atomic E-state index is 11.3. The molecule has 88 valence electrons. The number of hydrogen-bond acceptors (Lipinski definition) is 3. The van der Waals surface area contributed by atoms with Gasteiger partial charge >= 0.3 is 0 Å². The lowest BCUT2D eigenvalue weighted by Gasteiger charge is -2.03. The summed E-state index contributed by atoms with van der Waals surface area (Å²) in [5.41, 5.74) is 0.759. The third kappa shape index (κ3) is 2.97. The Balaban J connectivity index is 2.07. The SMILES string of the molecule is CC(=O)c1cccc(SCc2nccn2C)c1. The van der Waals surface area contributed by atoms with Gasteiger partial charge in [0.15, 0.2) is 5.78 Å². The van der Waals surface area contributed by atoms with Crippen molar-refractivity contribution < 1.29 is 4.79 Å². The molecule has 0 saturated heterocycles. The Morgan fingerprint density at radius 1 is 1.47 bits per heavy atom. The molecule has 1 heterocycles. The van der Waals surface area contributed by atoms with Gasteiger partial charge in [0, 0.05) is 29.9 Å². The molecule has 0 spiro atoms. The lowest BCUT2D eigenvalue weighted by molar-refractivity contribution is 0.101. The first-order chi connectivity index (χ1) is 8.16. The first kappa shape index (κ1) is 11.9. The highest BCUT2D eigenvalue weighted by Crippen LogP contribution is 2.22. The third-order valence-corrected chi connectivity index (χ3v) is 3.52. The van der Waals surface area contributed by atoms with Crippen LogP contribution in [0.5, 0.6) is 0 Å². The number of thioether (sulfide) groups is 1. The fraction of sp³-hybridized carbons (Fsp3) is 0.231. The zero-order valence-electron chi connectivity index (χ0n) is 9.88. The number of aryl methyl sites for hydroxylation is 1. The molecule has 0 aliphatic rings. The second kappa shape index (κ2) is 5.19. The molecule has 0 amide bonds. The maximum atomic E-state index is 11.3. The molecule has 3 nitrogen and oxygen atoms in total. The van der Waals surface area contributed by atoms with Crippen molar-refractivity contribution in [1.82, 2.24) is 9.55 Å². The van der Waals surface area contributed by atoms with Crippen molar-refractivity contribution in [2.45, 2.75) is 17.6 Å². The molecule has 2 rings (SSSR count). The molecule has 0 radical (unpaired) electrons. The summed E-state index contributed by atoms with van der Waals surface area (Å²) >= 11 is 1.69. The topological polar surface area (TPSA) is 34.9 Å². The lowest BCUT2D eigenvalue weighted by Crippen LogP contribution is -1.95. The first-order valence-corrected chi connectivity index (χ1v) is 6.35. The summed E-state index contributed by atoms with van der Waals surface area (Å²) in [6.45, 7) is 1.59. The summed E-state index contributed by atoms with van der Waals surface area (Å²) < 4.78 is 2.00. The lowest BCUT2D eigenvalue weighted by atomic mass is 10.2. The molecule has 2 aromatic rings. The number of rotatable bonds is 4. The van der Waals surface area contributed by atoms with Crippen molar-refractivity contribution in [2.75, 3.05) is 0 Å². The van der Waals surface area contributed by atoms with Crippen LogP contribution >= 0.6 is 11.8 Å². The standard InChI is InChI=1S/C13H14N2OS/c1-10(16)11-4-3-5-12(8-11)17-9-13-14-6-7-15(13)2/h3-8H,9H2,1-2H3. The van der Waals surface area contributed by atoms with E-state index in [-0.39, 0.29) is 5.78 Å². The molecule has 0 aliphatic carbocycles. The minimum atomic E-state index is 0.101. The van der Waals surface area contributed by atoms with E-state index in [9.17, 15) is 4.79 Å². The molecular formula is C13H14N2OS. The van der Waals surface area contributed by atoms with Crippen LogP contribution in [0.15, 0.2) is 41.6 Å². The molecule has 0 N–H and O–H groups in total. The Morgan fingerprint density at radius 2 is 2.29 bits per heavy atom. The van der Waals surface area contributed by atoms with Crippen LogP contribution in [-0.2, 0) is 12.8 Å². The van der Waals surface area contributed by atoms with E-state index in [0.29, 0.717) is 0 Å². The van der Waals surface area contributed by atoms with Gasteiger partial charge < -0.3 is 4.57 Å². The Morgan fingerprint density at radius 3 is 2.94 bits per heavy atom. The van der Waals surface area contributed by atoms with Crippen LogP contribution in [0, 0.1) is 0 Å². The van der Waals surface area contributed by atoms with Crippen LogP contribution in [0.25, 0.3) is 0 Å². The number of ketones is 1. The summed E-state index contributed by atoms with van der Waals surface area (Å²) in [7, 11) is 1.98. The summed E-state index contributed by atoms with van der Waals surface area (Å²) in [6, 6.07) is 7.70. The highest BCUT2D eigenvalue weighted by Gasteiger charge is 2.03. The Labute approximate surface area is 105 Å². The van der Waals surface area contributed by atoms with Crippen LogP contribution in [0.1, 0.15) is 23.1 Å². The van der Waals surface area contributed by atoms with Crippen LogP contribution in [0.2, 0.25) is 0 Å². The molecule has 4 heteroatoms. The number of hydrogen-bond donors (Lipinski definition) is 0. The third-order valence-electron chi connectivity index (χ3n) is 2.53. The van der Waals surface area contributed by atoms with Crippen molar-refractivity contribution in [3.63, 3.8) is 0 Å². The van der Waals surface area contributed by atoms with Crippen molar-refractivity contribution in [3.05, 3.63) is 48.0 Å². The molecule has 0 atom stereocenters. The highest BCUT2D eigenvalue weighted by molar-refractivity contribution is 7.98. The number of carbonyl (C=O) groups is 1. The predicted molar refractivity (Wildman–Crippen MR) is 69.2 cm³/mol. The normalized spacial score (nSPS) is 10.5. The number of carbonyl (C=O) groups excluding carboxylic acids is 1. The van der Waals surface area contributed by atoms with E-state index in [2.05, 4.69) is 4.98 Å². The van der Waals surface area contributed by atoms with E-state index < -0.39 is 0 Å². The van der Waals surface area contributed by atoms with Crippen molar-refractivity contribution in [1.29, 1.82) is 0 Å². The van der Waals surface area contributed by atoms with Gasteiger partial charge in [-0.3, -0.25) is 4.79 Å². The van der Waals surface area contributed by atoms with Crippen LogP contribution in [0.3, 0.4) is 0 Å². The van der Waals surface area contributed by atoms with E-state index in [1.54, 1.807) is 24.9 Å². The number of imidazole rings is 1. The summed E-state index contributed by atoms with van der Waals surface area (Å²) in [5.74, 6) is 1.94. The van der Waals surface area contributed by atoms with E-state index in [0.717, 1.165) is 22.0 Å². The van der Waals surface area contributed by atoms with E-state index in [4.69, 9.17) is 0 Å². The smallest absolute Gasteiger partial charge is 0.159 e. The second-order valence-electron chi connectivity index (χ2n) is 3.83. The van der Waals surface area contributed by atoms with Crippen LogP contribution in [-0.4, -0.2) is 15.3 Å². The van der Waals surface area contributed by atoms with E-state index >= 15 is 0 Å². The molecule has 0 unspecified atom stereocenters. The molecule has 1 aromatic carbocycles. The number of nitrogens with zero attached hydrogens (tertiary/aromatic N) is 2. The monoisotopic (exact) mass is 246 g/mol. The molecule has 0 bridgehead atoms. The van der Waals surface area contributed by atoms with Crippen LogP contribution in [0.4, 0.5) is 0 Å². The van der Waals surface area contributed by atoms with Gasteiger partial charge in [-0.05, 0) is 19.1 Å². The predicted octanol–water partition coefficient (Wildman–Crippen LogP) is 2.92. The number of Topliss-reactive ketones (excluding diaryl/α,β-unsaturated/α-hetero) is 1. The van der Waals surface area contributed by atoms with Gasteiger partial charge in [-0.15, -0.1) is 11.8 Å². The highest BCUT2D eigenvalue weighted by atomic mass is 32.2. The molecule has 1 aromatic heterocycles. The van der Waals surface area contributed by atoms with Gasteiger partial charge in [-0.2, -0.15) is 0 Å². The molecule has 0 aliphatic heterocycles. The summed E-state index contributed by atoms with van der Waals surface area (Å²) in [4.78, 5) is 16.6. The Kier molecular flexibility index (Phi) is 3.64. The summed E-state index contributed by atoms with van der Waals surface area (Å²) in [5, 5.41) is 0. The fourth-order valence-electron chi connectivity index (χ4n) is 1.49. The Hall–Kier alpha value is -1.55. The average Bonchev–Trinajstić information content (AvgIpc) is 2.72. The largest absolute Gasteiger partial charge is 0.337 e. The van der Waals surface area contributed by atoms with E-state index in [1.165, 1.54) is 0 Å². The first-order valence-electron chi connectivity index (χ1n) is 5.37. The molecular weight excluding hydrogens is 232 g/mol. The number of aromatic nitrogens is 2.